The first kappa shape index (κ1) is 19.3. The molecule has 1 saturated heterocycles. The Kier molecular flexibility index (Phi) is 5.39. The molecule has 29 heavy (non-hydrogen) atoms. The summed E-state index contributed by atoms with van der Waals surface area (Å²) in [5.41, 5.74) is 2.84. The van der Waals surface area contributed by atoms with Crippen LogP contribution in [0.2, 0.25) is 0 Å². The summed E-state index contributed by atoms with van der Waals surface area (Å²) in [7, 11) is 1.74. The third kappa shape index (κ3) is 3.91. The molecule has 3 aromatic rings. The van der Waals surface area contributed by atoms with Gasteiger partial charge in [-0.05, 0) is 49.5 Å². The molecule has 0 spiro atoms. The van der Waals surface area contributed by atoms with Crippen molar-refractivity contribution in [3.05, 3.63) is 58.4 Å². The summed E-state index contributed by atoms with van der Waals surface area (Å²) in [6.45, 7) is 3.12. The standard InChI is InChI=1S/C20H22N6O2S/c1-13-18(29-24-21-13)20(28)26-10-8-14(9-11-26)16-12-17(23-22-16)19(27)25(2)15-6-4-3-5-7-15/h3-7,12,14H,8-11H2,1-2H3,(H,22,23). The SMILES string of the molecule is Cc1nnsc1C(=O)N1CCC(c2cc(C(=O)N(C)c3ccccc3)n[nH]2)CC1. The van der Waals surface area contributed by atoms with Crippen LogP contribution in [0.15, 0.2) is 36.4 Å². The Morgan fingerprint density at radius 2 is 1.93 bits per heavy atom. The molecule has 0 unspecified atom stereocenters. The van der Waals surface area contributed by atoms with Crippen molar-refractivity contribution in [1.82, 2.24) is 24.7 Å². The second-order valence-corrected chi connectivity index (χ2v) is 7.92. The lowest BCUT2D eigenvalue weighted by Crippen LogP contribution is -2.37. The molecule has 1 N–H and O–H groups in total. The molecular formula is C20H22N6O2S. The molecule has 1 aromatic carbocycles. The van der Waals surface area contributed by atoms with E-state index in [-0.39, 0.29) is 17.7 Å². The van der Waals surface area contributed by atoms with Crippen LogP contribution in [0.4, 0.5) is 5.69 Å². The van der Waals surface area contributed by atoms with E-state index in [0.29, 0.717) is 29.4 Å². The van der Waals surface area contributed by atoms with E-state index in [1.807, 2.05) is 41.3 Å². The second kappa shape index (κ2) is 8.12. The molecule has 9 heteroatoms. The fraction of sp³-hybridized carbons (Fsp3) is 0.350. The summed E-state index contributed by atoms with van der Waals surface area (Å²) in [5.74, 6) is 0.0937. The summed E-state index contributed by atoms with van der Waals surface area (Å²) in [6, 6.07) is 11.3. The summed E-state index contributed by atoms with van der Waals surface area (Å²) in [6.07, 6.45) is 1.64. The highest BCUT2D eigenvalue weighted by molar-refractivity contribution is 7.07. The molecule has 8 nitrogen and oxygen atoms in total. The van der Waals surface area contributed by atoms with Crippen molar-refractivity contribution >= 4 is 29.0 Å². The number of aromatic amines is 1. The average molecular weight is 411 g/mol. The van der Waals surface area contributed by atoms with Gasteiger partial charge in [-0.2, -0.15) is 5.10 Å². The quantitative estimate of drug-likeness (QED) is 0.714. The molecule has 2 amide bonds. The minimum absolute atomic E-state index is 0.000846. The Morgan fingerprint density at radius 1 is 1.21 bits per heavy atom. The third-order valence-electron chi connectivity index (χ3n) is 5.33. The molecule has 150 valence electrons. The molecule has 0 aliphatic carbocycles. The minimum Gasteiger partial charge on any atom is -0.338 e. The largest absolute Gasteiger partial charge is 0.338 e. The first-order valence-electron chi connectivity index (χ1n) is 9.51. The molecule has 1 aliphatic heterocycles. The van der Waals surface area contributed by atoms with Crippen molar-refractivity contribution in [2.24, 2.45) is 0 Å². The predicted molar refractivity (Wildman–Crippen MR) is 110 cm³/mol. The number of nitrogens with zero attached hydrogens (tertiary/aromatic N) is 5. The Labute approximate surface area is 172 Å². The topological polar surface area (TPSA) is 95.1 Å². The highest BCUT2D eigenvalue weighted by Gasteiger charge is 2.28. The number of aromatic nitrogens is 4. The normalized spacial score (nSPS) is 14.8. The average Bonchev–Trinajstić information content (AvgIpc) is 3.42. The summed E-state index contributed by atoms with van der Waals surface area (Å²) >= 11 is 1.15. The number of aryl methyl sites for hydroxylation is 1. The lowest BCUT2D eigenvalue weighted by Gasteiger charge is -2.31. The van der Waals surface area contributed by atoms with E-state index in [4.69, 9.17) is 0 Å². The fourth-order valence-electron chi connectivity index (χ4n) is 3.56. The Balaban J connectivity index is 1.39. The highest BCUT2D eigenvalue weighted by atomic mass is 32.1. The van der Waals surface area contributed by atoms with Crippen LogP contribution >= 0.6 is 11.5 Å². The number of carbonyl (C=O) groups excluding carboxylic acids is 2. The second-order valence-electron chi connectivity index (χ2n) is 7.16. The lowest BCUT2D eigenvalue weighted by molar-refractivity contribution is 0.0716. The van der Waals surface area contributed by atoms with E-state index < -0.39 is 0 Å². The number of rotatable bonds is 4. The van der Waals surface area contributed by atoms with Crippen LogP contribution < -0.4 is 4.90 Å². The van der Waals surface area contributed by atoms with Crippen LogP contribution in [0.3, 0.4) is 0 Å². The van der Waals surface area contributed by atoms with Crippen LogP contribution in [-0.4, -0.2) is 56.6 Å². The number of hydrogen-bond acceptors (Lipinski definition) is 6. The lowest BCUT2D eigenvalue weighted by atomic mass is 9.93. The molecule has 3 heterocycles. The van der Waals surface area contributed by atoms with Gasteiger partial charge in [-0.3, -0.25) is 14.7 Å². The van der Waals surface area contributed by atoms with Gasteiger partial charge in [-0.1, -0.05) is 22.7 Å². The van der Waals surface area contributed by atoms with Gasteiger partial charge in [-0.15, -0.1) is 5.10 Å². The van der Waals surface area contributed by atoms with Gasteiger partial charge >= 0.3 is 0 Å². The van der Waals surface area contributed by atoms with Gasteiger partial charge in [0.05, 0.1) is 5.69 Å². The van der Waals surface area contributed by atoms with Crippen LogP contribution in [0.25, 0.3) is 0 Å². The van der Waals surface area contributed by atoms with Crippen molar-refractivity contribution in [1.29, 1.82) is 0 Å². The number of anilines is 1. The van der Waals surface area contributed by atoms with E-state index in [2.05, 4.69) is 19.8 Å². The zero-order valence-corrected chi connectivity index (χ0v) is 17.1. The van der Waals surface area contributed by atoms with E-state index in [9.17, 15) is 9.59 Å². The van der Waals surface area contributed by atoms with Crippen molar-refractivity contribution in [3.8, 4) is 0 Å². The van der Waals surface area contributed by atoms with Crippen molar-refractivity contribution in [2.75, 3.05) is 25.0 Å². The molecule has 0 radical (unpaired) electrons. The zero-order valence-electron chi connectivity index (χ0n) is 16.3. The number of carbonyl (C=O) groups is 2. The maximum Gasteiger partial charge on any atom is 0.278 e. The zero-order chi connectivity index (χ0) is 20.4. The number of hydrogen-bond donors (Lipinski definition) is 1. The summed E-state index contributed by atoms with van der Waals surface area (Å²) in [5, 5.41) is 11.2. The molecule has 0 bridgehead atoms. The van der Waals surface area contributed by atoms with Gasteiger partial charge < -0.3 is 9.80 Å². The summed E-state index contributed by atoms with van der Waals surface area (Å²) in [4.78, 5) is 29.4. The number of piperidine rings is 1. The van der Waals surface area contributed by atoms with Gasteiger partial charge in [0.1, 0.15) is 4.88 Å². The van der Waals surface area contributed by atoms with Crippen LogP contribution in [0.5, 0.6) is 0 Å². The summed E-state index contributed by atoms with van der Waals surface area (Å²) < 4.78 is 3.85. The first-order chi connectivity index (χ1) is 14.0. The number of benzene rings is 1. The van der Waals surface area contributed by atoms with Crippen molar-refractivity contribution in [2.45, 2.75) is 25.7 Å². The van der Waals surface area contributed by atoms with Crippen molar-refractivity contribution in [3.63, 3.8) is 0 Å². The monoisotopic (exact) mass is 410 g/mol. The number of likely N-dealkylation sites (tertiary alicyclic amines) is 1. The Hall–Kier alpha value is -3.07. The predicted octanol–water partition coefficient (Wildman–Crippen LogP) is 2.87. The van der Waals surface area contributed by atoms with Gasteiger partial charge in [0, 0.05) is 37.4 Å². The molecule has 0 saturated carbocycles. The number of H-pyrrole nitrogens is 1. The van der Waals surface area contributed by atoms with Gasteiger partial charge in [0.25, 0.3) is 11.8 Å². The number of amides is 2. The molecule has 2 aromatic heterocycles. The maximum atomic E-state index is 12.7. The molecule has 4 rings (SSSR count). The fourth-order valence-corrected chi connectivity index (χ4v) is 4.19. The van der Waals surface area contributed by atoms with Gasteiger partial charge in [-0.25, -0.2) is 0 Å². The van der Waals surface area contributed by atoms with E-state index in [1.54, 1.807) is 18.9 Å². The van der Waals surface area contributed by atoms with E-state index in [1.165, 1.54) is 0 Å². The van der Waals surface area contributed by atoms with Crippen LogP contribution in [0, 0.1) is 6.92 Å². The molecule has 0 atom stereocenters. The van der Waals surface area contributed by atoms with E-state index in [0.717, 1.165) is 35.8 Å². The Bertz CT molecular complexity index is 1010. The number of para-hydroxylation sites is 1. The maximum absolute atomic E-state index is 12.7. The minimum atomic E-state index is -0.153. The smallest absolute Gasteiger partial charge is 0.278 e. The third-order valence-corrected chi connectivity index (χ3v) is 6.15. The first-order valence-corrected chi connectivity index (χ1v) is 10.3. The Morgan fingerprint density at radius 3 is 2.59 bits per heavy atom. The van der Waals surface area contributed by atoms with Gasteiger partial charge in [0.15, 0.2) is 5.69 Å². The molecular weight excluding hydrogens is 388 g/mol. The van der Waals surface area contributed by atoms with Crippen LogP contribution in [0.1, 0.15) is 50.3 Å². The van der Waals surface area contributed by atoms with E-state index >= 15 is 0 Å². The number of nitrogens with one attached hydrogen (secondary N) is 1. The van der Waals surface area contributed by atoms with Crippen molar-refractivity contribution < 1.29 is 9.59 Å². The van der Waals surface area contributed by atoms with Gasteiger partial charge in [0.2, 0.25) is 0 Å². The van der Waals surface area contributed by atoms with Crippen LogP contribution in [-0.2, 0) is 0 Å². The molecule has 1 fully saturated rings. The highest BCUT2D eigenvalue weighted by Crippen LogP contribution is 2.29. The molecule has 1 aliphatic rings.